The molecule has 12 nitrogen and oxygen atoms in total. The zero-order chi connectivity index (χ0) is 25.0. The molecular formula is C22H27N3O9. The number of nitrogens with zero attached hydrogens (tertiary/aromatic N) is 1. The van der Waals surface area contributed by atoms with E-state index >= 15 is 0 Å². The summed E-state index contributed by atoms with van der Waals surface area (Å²) in [5.74, 6) is -3.80. The number of carbonyl (C=O) groups is 6. The summed E-state index contributed by atoms with van der Waals surface area (Å²) in [6, 6.07) is -0.671. The van der Waals surface area contributed by atoms with Crippen LogP contribution >= 0.6 is 0 Å². The number of hydrogen-bond acceptors (Lipinski definition) is 9. The van der Waals surface area contributed by atoms with Gasteiger partial charge < -0.3 is 19.2 Å². The van der Waals surface area contributed by atoms with Gasteiger partial charge in [0.2, 0.25) is 5.88 Å². The largest absolute Gasteiger partial charge is 0.462 e. The summed E-state index contributed by atoms with van der Waals surface area (Å²) < 4.78 is 15.2. The molecule has 0 bridgehead atoms. The predicted octanol–water partition coefficient (Wildman–Crippen LogP) is 1.70. The second-order valence-electron chi connectivity index (χ2n) is 8.19. The number of carbonyl (C=O) groups excluding carboxylic acids is 6. The van der Waals surface area contributed by atoms with Gasteiger partial charge in [-0.15, -0.1) is 0 Å². The molecule has 0 aromatic carbocycles. The molecule has 1 saturated carbocycles. The van der Waals surface area contributed by atoms with Crippen LogP contribution in [0.25, 0.3) is 0 Å². The van der Waals surface area contributed by atoms with Gasteiger partial charge in [-0.05, 0) is 33.6 Å². The molecule has 1 aromatic rings. The lowest BCUT2D eigenvalue weighted by Crippen LogP contribution is -2.48. The van der Waals surface area contributed by atoms with Crippen molar-refractivity contribution in [1.29, 1.82) is 0 Å². The molecule has 4 amide bonds. The molecule has 3 rings (SSSR count). The average Bonchev–Trinajstić information content (AvgIpc) is 3.21. The number of esters is 2. The van der Waals surface area contributed by atoms with Crippen LogP contribution in [0, 0.1) is 6.92 Å². The molecule has 1 aromatic heterocycles. The smallest absolute Gasteiger partial charge is 0.344 e. The molecule has 2 heterocycles. The van der Waals surface area contributed by atoms with Crippen LogP contribution in [0.15, 0.2) is 4.42 Å². The zero-order valence-corrected chi connectivity index (χ0v) is 19.3. The van der Waals surface area contributed by atoms with E-state index in [1.807, 2.05) is 0 Å². The van der Waals surface area contributed by atoms with Gasteiger partial charge in [0, 0.05) is 0 Å². The van der Waals surface area contributed by atoms with Gasteiger partial charge in [-0.25, -0.2) is 9.59 Å². The molecular weight excluding hydrogens is 450 g/mol. The number of ketones is 1. The van der Waals surface area contributed by atoms with Crippen molar-refractivity contribution in [3.05, 3.63) is 16.9 Å². The summed E-state index contributed by atoms with van der Waals surface area (Å²) in [5.41, 5.74) is -1.23. The number of Topliss-reactive ketones (excluding diaryl/α,β-unsaturated/α-hetero) is 1. The molecule has 184 valence electrons. The number of ether oxygens (including phenoxy) is 2. The molecule has 0 unspecified atom stereocenters. The van der Waals surface area contributed by atoms with E-state index in [4.69, 9.17) is 13.9 Å². The highest BCUT2D eigenvalue weighted by Crippen LogP contribution is 2.33. The lowest BCUT2D eigenvalue weighted by molar-refractivity contribution is -0.150. The minimum absolute atomic E-state index is 0.0269. The molecule has 1 aliphatic carbocycles. The first-order valence-corrected chi connectivity index (χ1v) is 11.0. The Bertz CT molecular complexity index is 1040. The molecule has 1 spiro atoms. The maximum absolute atomic E-state index is 12.7. The van der Waals surface area contributed by atoms with Crippen molar-refractivity contribution >= 4 is 41.5 Å². The molecule has 0 radical (unpaired) electrons. The van der Waals surface area contributed by atoms with Crippen LogP contribution in [-0.2, 0) is 23.9 Å². The van der Waals surface area contributed by atoms with Crippen molar-refractivity contribution in [3.63, 3.8) is 0 Å². The second kappa shape index (κ2) is 10.1. The minimum Gasteiger partial charge on any atom is -0.462 e. The molecule has 2 N–H and O–H groups in total. The summed E-state index contributed by atoms with van der Waals surface area (Å²) >= 11 is 0. The van der Waals surface area contributed by atoms with Gasteiger partial charge in [-0.1, -0.05) is 19.3 Å². The molecule has 1 saturated heterocycles. The topological polar surface area (TPSA) is 161 Å². The molecule has 0 atom stereocenters. The van der Waals surface area contributed by atoms with E-state index < -0.39 is 54.3 Å². The minimum atomic E-state index is -0.970. The number of rotatable bonds is 8. The fraction of sp³-hybridized carbons (Fsp3) is 0.545. The monoisotopic (exact) mass is 477 g/mol. The van der Waals surface area contributed by atoms with Crippen LogP contribution in [0.3, 0.4) is 0 Å². The maximum Gasteiger partial charge on any atom is 0.344 e. The van der Waals surface area contributed by atoms with Crippen molar-refractivity contribution in [1.82, 2.24) is 10.2 Å². The van der Waals surface area contributed by atoms with Crippen molar-refractivity contribution in [3.8, 4) is 0 Å². The fourth-order valence-electron chi connectivity index (χ4n) is 4.25. The van der Waals surface area contributed by atoms with E-state index in [1.54, 1.807) is 6.92 Å². The molecule has 1 aliphatic heterocycles. The Morgan fingerprint density at radius 2 is 1.76 bits per heavy atom. The summed E-state index contributed by atoms with van der Waals surface area (Å²) in [4.78, 5) is 74.5. The van der Waals surface area contributed by atoms with Crippen LogP contribution in [0.4, 0.5) is 10.7 Å². The SMILES string of the molecule is CCOC(=O)c1c(NC(=O)COC(=O)CN2C(=O)NC3(CCCCC3)C2=O)oc(C)c1C(C)=O. The van der Waals surface area contributed by atoms with Gasteiger partial charge in [-0.2, -0.15) is 0 Å². The Kier molecular flexibility index (Phi) is 7.38. The van der Waals surface area contributed by atoms with Crippen molar-refractivity contribution in [2.45, 2.75) is 58.4 Å². The summed E-state index contributed by atoms with van der Waals surface area (Å²) in [7, 11) is 0. The van der Waals surface area contributed by atoms with Crippen LogP contribution in [-0.4, -0.2) is 65.8 Å². The van der Waals surface area contributed by atoms with Gasteiger partial charge in [0.15, 0.2) is 12.4 Å². The highest BCUT2D eigenvalue weighted by atomic mass is 16.5. The zero-order valence-electron chi connectivity index (χ0n) is 19.3. The van der Waals surface area contributed by atoms with Crippen molar-refractivity contribution in [2.24, 2.45) is 0 Å². The Hall–Kier alpha value is -3.70. The second-order valence-corrected chi connectivity index (χ2v) is 8.19. The Balaban J connectivity index is 1.60. The van der Waals surface area contributed by atoms with E-state index in [2.05, 4.69) is 10.6 Å². The first-order chi connectivity index (χ1) is 16.1. The normalized spacial score (nSPS) is 16.9. The van der Waals surface area contributed by atoms with E-state index in [1.165, 1.54) is 13.8 Å². The number of amides is 4. The first kappa shape index (κ1) is 24.9. The predicted molar refractivity (Wildman–Crippen MR) is 115 cm³/mol. The number of imide groups is 1. The number of urea groups is 1. The number of anilines is 1. The van der Waals surface area contributed by atoms with Crippen LogP contribution in [0.5, 0.6) is 0 Å². The van der Waals surface area contributed by atoms with E-state index in [9.17, 15) is 28.8 Å². The standard InChI is InChI=1S/C22H27N3O9/c1-4-32-19(29)17-16(12(2)26)13(3)34-18(17)23-14(27)11-33-15(28)10-25-20(30)22(24-21(25)31)8-6-5-7-9-22/h4-11H2,1-3H3,(H,23,27)(H,24,31). The van der Waals surface area contributed by atoms with E-state index in [0.29, 0.717) is 12.8 Å². The van der Waals surface area contributed by atoms with Crippen LogP contribution in [0.1, 0.15) is 72.4 Å². The summed E-state index contributed by atoms with van der Waals surface area (Å²) in [5, 5.41) is 4.97. The Morgan fingerprint density at radius 1 is 1.09 bits per heavy atom. The number of furan rings is 1. The highest BCUT2D eigenvalue weighted by Gasteiger charge is 2.51. The van der Waals surface area contributed by atoms with Crippen LogP contribution < -0.4 is 10.6 Å². The highest BCUT2D eigenvalue weighted by molar-refractivity contribution is 6.11. The average molecular weight is 477 g/mol. The summed E-state index contributed by atoms with van der Waals surface area (Å²) in [6.07, 6.45) is 3.60. The van der Waals surface area contributed by atoms with Gasteiger partial charge >= 0.3 is 18.0 Å². The van der Waals surface area contributed by atoms with E-state index in [-0.39, 0.29) is 29.4 Å². The molecule has 12 heteroatoms. The molecule has 34 heavy (non-hydrogen) atoms. The third kappa shape index (κ3) is 4.95. The van der Waals surface area contributed by atoms with Gasteiger partial charge in [0.25, 0.3) is 11.8 Å². The first-order valence-electron chi connectivity index (χ1n) is 11.0. The third-order valence-corrected chi connectivity index (χ3v) is 5.77. The van der Waals surface area contributed by atoms with Crippen molar-refractivity contribution < 1.29 is 42.7 Å². The number of hydrogen-bond donors (Lipinski definition) is 2. The maximum atomic E-state index is 12.7. The Morgan fingerprint density at radius 3 is 2.38 bits per heavy atom. The lowest BCUT2D eigenvalue weighted by atomic mass is 9.82. The number of aryl methyl sites for hydroxylation is 1. The van der Waals surface area contributed by atoms with Crippen molar-refractivity contribution in [2.75, 3.05) is 25.1 Å². The Labute approximate surface area is 195 Å². The van der Waals surface area contributed by atoms with Gasteiger partial charge in [0.05, 0.1) is 12.2 Å². The molecule has 2 fully saturated rings. The molecule has 2 aliphatic rings. The van der Waals surface area contributed by atoms with Crippen LogP contribution in [0.2, 0.25) is 0 Å². The summed E-state index contributed by atoms with van der Waals surface area (Å²) in [6.45, 7) is 2.90. The quantitative estimate of drug-likeness (QED) is 0.322. The van der Waals surface area contributed by atoms with Gasteiger partial charge in [0.1, 0.15) is 23.4 Å². The van der Waals surface area contributed by atoms with E-state index in [0.717, 1.165) is 24.2 Å². The number of nitrogens with one attached hydrogen (secondary N) is 2. The lowest BCUT2D eigenvalue weighted by Gasteiger charge is -2.30. The fourth-order valence-corrected chi connectivity index (χ4v) is 4.25. The third-order valence-electron chi connectivity index (χ3n) is 5.77. The van der Waals surface area contributed by atoms with Gasteiger partial charge in [-0.3, -0.25) is 29.4 Å².